The van der Waals surface area contributed by atoms with Gasteiger partial charge in [0.2, 0.25) is 5.91 Å². The number of Topliss-reactive ketones (excluding diaryl/α,β-unsaturated/α-hetero) is 2. The fraction of sp³-hybridized carbons (Fsp3) is 0.206. The van der Waals surface area contributed by atoms with E-state index in [1.54, 1.807) is 6.07 Å². The summed E-state index contributed by atoms with van der Waals surface area (Å²) in [6.07, 6.45) is 2.10. The summed E-state index contributed by atoms with van der Waals surface area (Å²) < 4.78 is 0. The molecule has 1 aromatic heterocycles. The third kappa shape index (κ3) is 3.29. The Kier molecular flexibility index (Phi) is 5.48. The normalized spacial score (nSPS) is 24.3. The van der Waals surface area contributed by atoms with E-state index in [2.05, 4.69) is 22.4 Å². The Morgan fingerprint density at radius 3 is 2.38 bits per heavy atom. The Morgan fingerprint density at radius 2 is 1.62 bits per heavy atom. The number of anilines is 2. The highest BCUT2D eigenvalue weighted by atomic mass is 32.1. The van der Waals surface area contributed by atoms with E-state index in [-0.39, 0.29) is 17.5 Å². The van der Waals surface area contributed by atoms with Gasteiger partial charge < -0.3 is 10.2 Å². The molecule has 1 saturated heterocycles. The largest absolute Gasteiger partial charge is 0.352 e. The molecule has 3 aliphatic rings. The zero-order valence-electron chi connectivity index (χ0n) is 22.5. The zero-order chi connectivity index (χ0) is 27.8. The zero-order valence-corrected chi connectivity index (χ0v) is 23.3. The molecule has 0 radical (unpaired) electrons. The standard InChI is InChI=1S/C34H28N2O3S/c1-19-10-13-22(14-11-19)31(37)30-29(32(38)27-9-6-16-40-27)34(24-7-4-5-8-25(24)35-33(34)39)28-18-21(3)23-17-20(2)12-15-26(23)36(28)30/h4-18,28-30H,1-3H3,(H,35,39)/t28-,29+,30-,34+/m0/s1. The summed E-state index contributed by atoms with van der Waals surface area (Å²) in [7, 11) is 0. The van der Waals surface area contributed by atoms with Crippen LogP contribution in [0.2, 0.25) is 0 Å². The molecule has 198 valence electrons. The topological polar surface area (TPSA) is 66.5 Å². The molecule has 5 nitrogen and oxygen atoms in total. The molecule has 3 aliphatic heterocycles. The Hall–Kier alpha value is -4.29. The van der Waals surface area contributed by atoms with Crippen molar-refractivity contribution in [1.82, 2.24) is 0 Å². The van der Waals surface area contributed by atoms with Gasteiger partial charge in [0.05, 0.1) is 16.8 Å². The van der Waals surface area contributed by atoms with E-state index in [4.69, 9.17) is 0 Å². The maximum absolute atomic E-state index is 14.7. The first-order valence-corrected chi connectivity index (χ1v) is 14.4. The van der Waals surface area contributed by atoms with Crippen molar-refractivity contribution in [2.45, 2.75) is 38.3 Å². The number of rotatable bonds is 4. The summed E-state index contributed by atoms with van der Waals surface area (Å²) in [5, 5.41) is 4.96. The number of benzene rings is 3. The Labute approximate surface area is 237 Å². The molecule has 4 heterocycles. The lowest BCUT2D eigenvalue weighted by Gasteiger charge is -2.39. The van der Waals surface area contributed by atoms with Crippen LogP contribution in [-0.2, 0) is 10.2 Å². The average Bonchev–Trinajstić information content (AvgIpc) is 3.66. The number of nitrogens with one attached hydrogen (secondary N) is 1. The number of carbonyl (C=O) groups is 3. The van der Waals surface area contributed by atoms with Crippen LogP contribution >= 0.6 is 11.3 Å². The van der Waals surface area contributed by atoms with Gasteiger partial charge in [-0.25, -0.2) is 0 Å². The molecule has 40 heavy (non-hydrogen) atoms. The number of amides is 1. The number of hydrogen-bond acceptors (Lipinski definition) is 5. The number of nitrogens with zero attached hydrogens (tertiary/aromatic N) is 1. The van der Waals surface area contributed by atoms with Crippen molar-refractivity contribution >= 4 is 45.8 Å². The van der Waals surface area contributed by atoms with Crippen molar-refractivity contribution in [3.8, 4) is 0 Å². The fourth-order valence-electron chi connectivity index (χ4n) is 7.01. The van der Waals surface area contributed by atoms with E-state index in [1.165, 1.54) is 11.3 Å². The molecule has 0 saturated carbocycles. The van der Waals surface area contributed by atoms with Crippen LogP contribution in [0.5, 0.6) is 0 Å². The molecule has 4 atom stereocenters. The molecule has 1 fully saturated rings. The Morgan fingerprint density at radius 1 is 0.875 bits per heavy atom. The molecule has 1 amide bonds. The van der Waals surface area contributed by atoms with E-state index in [0.717, 1.165) is 33.5 Å². The van der Waals surface area contributed by atoms with Crippen molar-refractivity contribution in [1.29, 1.82) is 0 Å². The van der Waals surface area contributed by atoms with Crippen LogP contribution in [0, 0.1) is 19.8 Å². The Balaban J connectivity index is 1.56. The minimum Gasteiger partial charge on any atom is -0.352 e. The summed E-state index contributed by atoms with van der Waals surface area (Å²) >= 11 is 1.35. The van der Waals surface area contributed by atoms with Crippen LogP contribution in [-0.4, -0.2) is 29.6 Å². The number of para-hydroxylation sites is 1. The van der Waals surface area contributed by atoms with Crippen molar-refractivity contribution in [3.05, 3.63) is 123 Å². The lowest BCUT2D eigenvalue weighted by atomic mass is 9.64. The molecule has 7 rings (SSSR count). The van der Waals surface area contributed by atoms with Crippen LogP contribution < -0.4 is 10.2 Å². The predicted molar refractivity (Wildman–Crippen MR) is 159 cm³/mol. The van der Waals surface area contributed by atoms with Crippen molar-refractivity contribution < 1.29 is 14.4 Å². The quantitative estimate of drug-likeness (QED) is 0.294. The van der Waals surface area contributed by atoms with Gasteiger partial charge in [0, 0.05) is 22.5 Å². The van der Waals surface area contributed by atoms with E-state index in [0.29, 0.717) is 16.1 Å². The van der Waals surface area contributed by atoms with Gasteiger partial charge in [-0.05, 0) is 61.6 Å². The summed E-state index contributed by atoms with van der Waals surface area (Å²) in [5.41, 5.74) is 5.78. The van der Waals surface area contributed by atoms with Gasteiger partial charge in [0.15, 0.2) is 11.6 Å². The first kappa shape index (κ1) is 24.7. The van der Waals surface area contributed by atoms with Crippen molar-refractivity contribution in [2.75, 3.05) is 10.2 Å². The maximum atomic E-state index is 14.7. The van der Waals surface area contributed by atoms with Crippen molar-refractivity contribution in [2.24, 2.45) is 5.92 Å². The molecular formula is C34H28N2O3S. The van der Waals surface area contributed by atoms with Crippen LogP contribution in [0.4, 0.5) is 11.4 Å². The van der Waals surface area contributed by atoms with E-state index in [9.17, 15) is 14.4 Å². The smallest absolute Gasteiger partial charge is 0.238 e. The van der Waals surface area contributed by atoms with E-state index >= 15 is 0 Å². The highest BCUT2D eigenvalue weighted by Crippen LogP contribution is 2.59. The Bertz CT molecular complexity index is 1740. The minimum atomic E-state index is -1.29. The van der Waals surface area contributed by atoms with Gasteiger partial charge in [-0.1, -0.05) is 71.8 Å². The number of allylic oxidation sites excluding steroid dienone is 1. The highest BCUT2D eigenvalue weighted by molar-refractivity contribution is 7.12. The fourth-order valence-corrected chi connectivity index (χ4v) is 7.71. The molecule has 0 aliphatic carbocycles. The first-order valence-electron chi connectivity index (χ1n) is 13.5. The van der Waals surface area contributed by atoms with E-state index < -0.39 is 23.4 Å². The molecule has 0 bridgehead atoms. The predicted octanol–water partition coefficient (Wildman–Crippen LogP) is 6.61. The van der Waals surface area contributed by atoms with Crippen LogP contribution in [0.1, 0.15) is 49.2 Å². The van der Waals surface area contributed by atoms with Crippen LogP contribution in [0.3, 0.4) is 0 Å². The summed E-state index contributed by atoms with van der Waals surface area (Å²) in [6, 6.07) is 23.5. The second-order valence-electron chi connectivity index (χ2n) is 11.1. The lowest BCUT2D eigenvalue weighted by molar-refractivity contribution is -0.121. The number of ketones is 2. The molecular weight excluding hydrogens is 516 g/mol. The summed E-state index contributed by atoms with van der Waals surface area (Å²) in [4.78, 5) is 46.3. The van der Waals surface area contributed by atoms with Gasteiger partial charge in [0.1, 0.15) is 11.5 Å². The van der Waals surface area contributed by atoms with Gasteiger partial charge >= 0.3 is 0 Å². The third-order valence-corrected chi connectivity index (χ3v) is 9.67. The molecule has 1 spiro atoms. The molecule has 1 N–H and O–H groups in total. The molecule has 4 aromatic rings. The number of carbonyl (C=O) groups excluding carboxylic acids is 3. The van der Waals surface area contributed by atoms with Crippen LogP contribution in [0.25, 0.3) is 5.57 Å². The van der Waals surface area contributed by atoms with Crippen molar-refractivity contribution in [3.63, 3.8) is 0 Å². The number of thiophene rings is 1. The van der Waals surface area contributed by atoms with Gasteiger partial charge in [-0.2, -0.15) is 0 Å². The molecule has 3 aromatic carbocycles. The number of aryl methyl sites for hydroxylation is 2. The average molecular weight is 545 g/mol. The lowest BCUT2D eigenvalue weighted by Crippen LogP contribution is -2.51. The number of hydrogen-bond donors (Lipinski definition) is 1. The second kappa shape index (κ2) is 8.86. The molecule has 0 unspecified atom stereocenters. The highest BCUT2D eigenvalue weighted by Gasteiger charge is 2.70. The first-order chi connectivity index (χ1) is 19.3. The van der Waals surface area contributed by atoms with Gasteiger partial charge in [0.25, 0.3) is 0 Å². The molecule has 6 heteroatoms. The SMILES string of the molecule is CC1=C[C@@H]2N(c3ccc(C)cc31)[C@H](C(=O)c1ccc(C)cc1)[C@H](C(=O)c1cccs1)[C@]21C(=O)Nc2ccccc21. The summed E-state index contributed by atoms with van der Waals surface area (Å²) in [5.74, 6) is -1.52. The maximum Gasteiger partial charge on any atom is 0.238 e. The third-order valence-electron chi connectivity index (χ3n) is 8.78. The van der Waals surface area contributed by atoms with Crippen LogP contribution in [0.15, 0.2) is 90.3 Å². The van der Waals surface area contributed by atoms with E-state index in [1.807, 2.05) is 92.9 Å². The monoisotopic (exact) mass is 544 g/mol. The number of fused-ring (bicyclic) bond motifs is 6. The minimum absolute atomic E-state index is 0.159. The van der Waals surface area contributed by atoms with Gasteiger partial charge in [-0.3, -0.25) is 14.4 Å². The second-order valence-corrected chi connectivity index (χ2v) is 12.0. The summed E-state index contributed by atoms with van der Waals surface area (Å²) in [6.45, 7) is 6.08. The van der Waals surface area contributed by atoms with Gasteiger partial charge in [-0.15, -0.1) is 11.3 Å².